The summed E-state index contributed by atoms with van der Waals surface area (Å²) >= 11 is 3.42. The fraction of sp³-hybridized carbons (Fsp3) is 0.571. The van der Waals surface area contributed by atoms with E-state index in [0.29, 0.717) is 37.3 Å². The quantitative estimate of drug-likeness (QED) is 0.881. The average molecular weight is 349 g/mol. The van der Waals surface area contributed by atoms with E-state index in [1.807, 2.05) is 6.92 Å². The number of alkyl halides is 2. The fourth-order valence-corrected chi connectivity index (χ4v) is 3.08. The maximum atomic E-state index is 13.6. The molecular weight excluding hydrogens is 330 g/mol. The van der Waals surface area contributed by atoms with Crippen LogP contribution in [0.5, 0.6) is 5.75 Å². The van der Waals surface area contributed by atoms with E-state index in [4.69, 9.17) is 0 Å². The molecule has 1 fully saturated rings. The second-order valence-corrected chi connectivity index (χ2v) is 5.92. The monoisotopic (exact) mass is 348 g/mol. The predicted octanol–water partition coefficient (Wildman–Crippen LogP) is 2.98. The third-order valence-corrected chi connectivity index (χ3v) is 5.01. The van der Waals surface area contributed by atoms with Crippen molar-refractivity contribution in [3.63, 3.8) is 0 Å². The summed E-state index contributed by atoms with van der Waals surface area (Å²) in [5.41, 5.74) is 1.86. The highest BCUT2D eigenvalue weighted by Crippen LogP contribution is 2.40. The Morgan fingerprint density at radius 2 is 1.90 bits per heavy atom. The standard InChI is InChI=1S/C14H19BrF2N2O/c1-8-7-10(20)11(9(2)12(8)15)13(14(16)17)19-5-3-18-4-6-19/h7,13-14,18,20H,3-6H2,1-2H3/t13-/m1/s1. The second-order valence-electron chi connectivity index (χ2n) is 5.13. The minimum absolute atomic E-state index is 0.0490. The molecule has 0 saturated carbocycles. The number of piperazine rings is 1. The summed E-state index contributed by atoms with van der Waals surface area (Å²) in [6.07, 6.45) is -2.53. The van der Waals surface area contributed by atoms with Gasteiger partial charge in [-0.15, -0.1) is 0 Å². The molecular formula is C14H19BrF2N2O. The van der Waals surface area contributed by atoms with E-state index in [1.165, 1.54) is 0 Å². The van der Waals surface area contributed by atoms with Gasteiger partial charge in [0, 0.05) is 36.2 Å². The predicted molar refractivity (Wildman–Crippen MR) is 78.5 cm³/mol. The normalized spacial score (nSPS) is 18.5. The third-order valence-electron chi connectivity index (χ3n) is 3.79. The van der Waals surface area contributed by atoms with Crippen LogP contribution in [0.4, 0.5) is 8.78 Å². The molecule has 112 valence electrons. The highest BCUT2D eigenvalue weighted by Gasteiger charge is 2.34. The zero-order chi connectivity index (χ0) is 14.9. The number of phenols is 1. The van der Waals surface area contributed by atoms with Gasteiger partial charge in [0.2, 0.25) is 0 Å². The number of rotatable bonds is 3. The maximum Gasteiger partial charge on any atom is 0.258 e. The molecule has 1 aromatic carbocycles. The van der Waals surface area contributed by atoms with Gasteiger partial charge in [-0.1, -0.05) is 15.9 Å². The van der Waals surface area contributed by atoms with Crippen LogP contribution in [0.2, 0.25) is 0 Å². The van der Waals surface area contributed by atoms with Crippen LogP contribution in [0.1, 0.15) is 22.7 Å². The molecule has 6 heteroatoms. The molecule has 0 unspecified atom stereocenters. The second kappa shape index (κ2) is 6.37. The van der Waals surface area contributed by atoms with Crippen molar-refractivity contribution in [2.45, 2.75) is 26.3 Å². The molecule has 1 aliphatic rings. The number of hydrogen-bond donors (Lipinski definition) is 2. The van der Waals surface area contributed by atoms with Gasteiger partial charge < -0.3 is 10.4 Å². The van der Waals surface area contributed by atoms with Gasteiger partial charge in [-0.2, -0.15) is 0 Å². The SMILES string of the molecule is Cc1cc(O)c([C@H](C(F)F)N2CCNCC2)c(C)c1Br. The van der Waals surface area contributed by atoms with E-state index in [-0.39, 0.29) is 5.75 Å². The topological polar surface area (TPSA) is 35.5 Å². The van der Waals surface area contributed by atoms with Crippen LogP contribution >= 0.6 is 15.9 Å². The van der Waals surface area contributed by atoms with Crippen LogP contribution < -0.4 is 5.32 Å². The van der Waals surface area contributed by atoms with Gasteiger partial charge in [0.1, 0.15) is 11.8 Å². The first-order valence-corrected chi connectivity index (χ1v) is 7.44. The number of nitrogens with one attached hydrogen (secondary N) is 1. The molecule has 0 radical (unpaired) electrons. The van der Waals surface area contributed by atoms with Gasteiger partial charge in [0.25, 0.3) is 6.43 Å². The van der Waals surface area contributed by atoms with Gasteiger partial charge in [-0.05, 0) is 31.0 Å². The van der Waals surface area contributed by atoms with Crippen molar-refractivity contribution in [1.29, 1.82) is 0 Å². The fourth-order valence-electron chi connectivity index (χ4n) is 2.75. The Kier molecular flexibility index (Phi) is 4.99. The van der Waals surface area contributed by atoms with E-state index < -0.39 is 12.5 Å². The largest absolute Gasteiger partial charge is 0.508 e. The molecule has 2 N–H and O–H groups in total. The molecule has 1 saturated heterocycles. The maximum absolute atomic E-state index is 13.6. The Balaban J connectivity index is 2.46. The van der Waals surface area contributed by atoms with Crippen LogP contribution in [-0.2, 0) is 0 Å². The molecule has 0 aliphatic carbocycles. The number of halogens is 3. The van der Waals surface area contributed by atoms with E-state index >= 15 is 0 Å². The lowest BCUT2D eigenvalue weighted by Gasteiger charge is -2.35. The lowest BCUT2D eigenvalue weighted by Crippen LogP contribution is -2.47. The Morgan fingerprint density at radius 3 is 2.45 bits per heavy atom. The van der Waals surface area contributed by atoms with Gasteiger partial charge in [-0.3, -0.25) is 4.90 Å². The summed E-state index contributed by atoms with van der Waals surface area (Å²) in [6.45, 7) is 6.09. The molecule has 1 aromatic rings. The Bertz CT molecular complexity index is 491. The molecule has 1 aliphatic heterocycles. The number of aromatic hydroxyl groups is 1. The van der Waals surface area contributed by atoms with Crippen LogP contribution in [0.15, 0.2) is 10.5 Å². The van der Waals surface area contributed by atoms with Crippen molar-refractivity contribution in [1.82, 2.24) is 10.2 Å². The molecule has 1 heterocycles. The van der Waals surface area contributed by atoms with Crippen LogP contribution in [0.3, 0.4) is 0 Å². The number of phenolic OH excluding ortho intramolecular Hbond substituents is 1. The summed E-state index contributed by atoms with van der Waals surface area (Å²) < 4.78 is 27.9. The minimum atomic E-state index is -2.53. The van der Waals surface area contributed by atoms with Crippen LogP contribution in [0, 0.1) is 13.8 Å². The van der Waals surface area contributed by atoms with Gasteiger partial charge in [0.05, 0.1) is 0 Å². The van der Waals surface area contributed by atoms with Crippen molar-refractivity contribution < 1.29 is 13.9 Å². The summed E-state index contributed by atoms with van der Waals surface area (Å²) in [5, 5.41) is 13.3. The van der Waals surface area contributed by atoms with E-state index in [9.17, 15) is 13.9 Å². The van der Waals surface area contributed by atoms with Crippen molar-refractivity contribution in [3.05, 3.63) is 27.2 Å². The number of aryl methyl sites for hydroxylation is 1. The summed E-state index contributed by atoms with van der Waals surface area (Å²) in [4.78, 5) is 1.74. The molecule has 3 nitrogen and oxygen atoms in total. The molecule has 0 aromatic heterocycles. The smallest absolute Gasteiger partial charge is 0.258 e. The lowest BCUT2D eigenvalue weighted by molar-refractivity contribution is 0.0166. The number of nitrogens with zero attached hydrogens (tertiary/aromatic N) is 1. The summed E-state index contributed by atoms with van der Waals surface area (Å²) in [5.74, 6) is -0.0490. The van der Waals surface area contributed by atoms with E-state index in [1.54, 1.807) is 17.9 Å². The first kappa shape index (κ1) is 15.7. The highest BCUT2D eigenvalue weighted by atomic mass is 79.9. The minimum Gasteiger partial charge on any atom is -0.508 e. The molecule has 0 amide bonds. The van der Waals surface area contributed by atoms with Crippen molar-refractivity contribution >= 4 is 15.9 Å². The van der Waals surface area contributed by atoms with Crippen molar-refractivity contribution in [2.75, 3.05) is 26.2 Å². The van der Waals surface area contributed by atoms with Crippen molar-refractivity contribution in [3.8, 4) is 5.75 Å². The number of hydrogen-bond acceptors (Lipinski definition) is 3. The van der Waals surface area contributed by atoms with E-state index in [2.05, 4.69) is 21.2 Å². The van der Waals surface area contributed by atoms with Gasteiger partial charge in [0.15, 0.2) is 0 Å². The first-order valence-electron chi connectivity index (χ1n) is 6.65. The zero-order valence-electron chi connectivity index (χ0n) is 11.6. The van der Waals surface area contributed by atoms with Gasteiger partial charge in [-0.25, -0.2) is 8.78 Å². The number of benzene rings is 1. The van der Waals surface area contributed by atoms with Crippen molar-refractivity contribution in [2.24, 2.45) is 0 Å². The Hall–Kier alpha value is -0.720. The highest BCUT2D eigenvalue weighted by molar-refractivity contribution is 9.10. The Labute approximate surface area is 126 Å². The summed E-state index contributed by atoms with van der Waals surface area (Å²) in [6, 6.07) is 0.485. The van der Waals surface area contributed by atoms with E-state index in [0.717, 1.165) is 10.0 Å². The molecule has 1 atom stereocenters. The third kappa shape index (κ3) is 2.97. The van der Waals surface area contributed by atoms with Gasteiger partial charge >= 0.3 is 0 Å². The first-order chi connectivity index (χ1) is 9.43. The molecule has 2 rings (SSSR count). The lowest BCUT2D eigenvalue weighted by atomic mass is 9.96. The van der Waals surface area contributed by atoms with Crippen LogP contribution in [-0.4, -0.2) is 42.6 Å². The molecule has 20 heavy (non-hydrogen) atoms. The average Bonchev–Trinajstić information content (AvgIpc) is 2.41. The Morgan fingerprint density at radius 1 is 1.30 bits per heavy atom. The molecule has 0 spiro atoms. The summed E-state index contributed by atoms with van der Waals surface area (Å²) in [7, 11) is 0. The molecule has 0 bridgehead atoms. The zero-order valence-corrected chi connectivity index (χ0v) is 13.2. The van der Waals surface area contributed by atoms with Crippen LogP contribution in [0.25, 0.3) is 0 Å².